The van der Waals surface area contributed by atoms with Crippen molar-refractivity contribution in [2.75, 3.05) is 24.5 Å². The molecule has 1 saturated heterocycles. The Morgan fingerprint density at radius 3 is 2.55 bits per heavy atom. The molecule has 2 aliphatic rings. The third-order valence-corrected chi connectivity index (χ3v) is 6.82. The number of benzene rings is 1. The lowest BCUT2D eigenvalue weighted by atomic mass is 9.94. The predicted octanol–water partition coefficient (Wildman–Crippen LogP) is 2.62. The molecule has 1 aromatic heterocycles. The number of piperidine rings is 1. The minimum Gasteiger partial charge on any atom is -0.354 e. The second kappa shape index (κ2) is 9.26. The summed E-state index contributed by atoms with van der Waals surface area (Å²) in [5.41, 5.74) is 0.0215. The van der Waals surface area contributed by atoms with Gasteiger partial charge in [-0.25, -0.2) is 17.8 Å². The molecule has 0 spiro atoms. The molecule has 7 nitrogen and oxygen atoms in total. The average molecular weight is 419 g/mol. The van der Waals surface area contributed by atoms with Crippen LogP contribution in [0.1, 0.15) is 57.4 Å². The first-order valence-corrected chi connectivity index (χ1v) is 12.0. The molecule has 0 amide bonds. The Bertz CT molecular complexity index is 974. The van der Waals surface area contributed by atoms with E-state index in [1.807, 2.05) is 24.3 Å². The third kappa shape index (κ3) is 4.64. The summed E-state index contributed by atoms with van der Waals surface area (Å²) in [4.78, 5) is 15.4. The number of anilines is 1. The fourth-order valence-electron chi connectivity index (χ4n) is 4.85. The Morgan fingerprint density at radius 1 is 1.03 bits per heavy atom. The molecule has 8 heteroatoms. The van der Waals surface area contributed by atoms with Crippen LogP contribution < -0.4 is 15.2 Å². The minimum atomic E-state index is -2.54. The lowest BCUT2D eigenvalue weighted by Crippen LogP contribution is -2.39. The largest absolute Gasteiger partial charge is 0.354 e. The summed E-state index contributed by atoms with van der Waals surface area (Å²) in [6.07, 6.45) is 8.55. The van der Waals surface area contributed by atoms with Gasteiger partial charge in [0, 0.05) is 25.0 Å². The quantitative estimate of drug-likeness (QED) is 0.705. The van der Waals surface area contributed by atoms with Crippen molar-refractivity contribution in [3.8, 4) is 0 Å². The Kier molecular flexibility index (Phi) is 6.50. The molecule has 158 valence electrons. The SMILES string of the molecule is O=c1c2ccccc2c(N2CCC[C@@H](CCN[SH](=O)=O)C2)nn1C1CCCCC1. The first kappa shape index (κ1) is 20.3. The van der Waals surface area contributed by atoms with E-state index in [1.165, 1.54) is 6.42 Å². The van der Waals surface area contributed by atoms with E-state index in [1.54, 1.807) is 4.68 Å². The highest BCUT2D eigenvalue weighted by atomic mass is 32.2. The van der Waals surface area contributed by atoms with Gasteiger partial charge in [-0.1, -0.05) is 37.5 Å². The first-order valence-electron chi connectivity index (χ1n) is 10.8. The van der Waals surface area contributed by atoms with Gasteiger partial charge in [-0.3, -0.25) is 4.79 Å². The second-order valence-electron chi connectivity index (χ2n) is 8.32. The highest BCUT2D eigenvalue weighted by Crippen LogP contribution is 2.31. The number of hydrogen-bond acceptors (Lipinski definition) is 5. The highest BCUT2D eigenvalue weighted by molar-refractivity contribution is 7.70. The van der Waals surface area contributed by atoms with E-state index in [0.717, 1.165) is 74.6 Å². The van der Waals surface area contributed by atoms with Crippen LogP contribution in [0.2, 0.25) is 0 Å². The normalized spacial score (nSPS) is 21.1. The van der Waals surface area contributed by atoms with Crippen molar-refractivity contribution in [3.63, 3.8) is 0 Å². The molecule has 2 fully saturated rings. The van der Waals surface area contributed by atoms with E-state index in [9.17, 15) is 13.2 Å². The van der Waals surface area contributed by atoms with Gasteiger partial charge in [0.2, 0.25) is 10.9 Å². The van der Waals surface area contributed by atoms with Crippen LogP contribution in [-0.4, -0.2) is 37.8 Å². The predicted molar refractivity (Wildman–Crippen MR) is 116 cm³/mol. The number of nitrogens with zero attached hydrogens (tertiary/aromatic N) is 3. The van der Waals surface area contributed by atoms with Gasteiger partial charge in [0.15, 0.2) is 5.82 Å². The summed E-state index contributed by atoms with van der Waals surface area (Å²) in [5, 5.41) is 6.58. The third-order valence-electron chi connectivity index (χ3n) is 6.34. The summed E-state index contributed by atoms with van der Waals surface area (Å²) in [7, 11) is -2.54. The van der Waals surface area contributed by atoms with E-state index in [0.29, 0.717) is 12.5 Å². The number of aromatic nitrogens is 2. The molecule has 1 aliphatic heterocycles. The number of fused-ring (bicyclic) bond motifs is 1. The van der Waals surface area contributed by atoms with Gasteiger partial charge in [-0.2, -0.15) is 5.10 Å². The number of nitrogens with one attached hydrogen (secondary N) is 1. The molecule has 0 bridgehead atoms. The lowest BCUT2D eigenvalue weighted by molar-refractivity contribution is 0.318. The van der Waals surface area contributed by atoms with Crippen molar-refractivity contribution in [2.24, 2.45) is 5.92 Å². The number of thiol groups is 1. The molecule has 2 aromatic rings. The molecular weight excluding hydrogens is 388 g/mol. The van der Waals surface area contributed by atoms with Crippen LogP contribution in [0.4, 0.5) is 5.82 Å². The molecule has 0 unspecified atom stereocenters. The van der Waals surface area contributed by atoms with Crippen LogP contribution in [0.5, 0.6) is 0 Å². The Morgan fingerprint density at radius 2 is 1.79 bits per heavy atom. The fourth-order valence-corrected chi connectivity index (χ4v) is 5.16. The molecule has 29 heavy (non-hydrogen) atoms. The number of rotatable bonds is 6. The Hall–Kier alpha value is -1.93. The van der Waals surface area contributed by atoms with E-state index >= 15 is 0 Å². The fraction of sp³-hybridized carbons (Fsp3) is 0.619. The van der Waals surface area contributed by atoms with E-state index in [-0.39, 0.29) is 11.6 Å². The van der Waals surface area contributed by atoms with Gasteiger partial charge in [-0.05, 0) is 44.1 Å². The van der Waals surface area contributed by atoms with Gasteiger partial charge in [-0.15, -0.1) is 0 Å². The van der Waals surface area contributed by atoms with Crippen LogP contribution in [0, 0.1) is 5.92 Å². The minimum absolute atomic E-state index is 0.0215. The van der Waals surface area contributed by atoms with Crippen molar-refractivity contribution in [2.45, 2.75) is 57.4 Å². The van der Waals surface area contributed by atoms with E-state index in [2.05, 4.69) is 9.62 Å². The maximum atomic E-state index is 13.1. The van der Waals surface area contributed by atoms with Crippen LogP contribution >= 0.6 is 0 Å². The van der Waals surface area contributed by atoms with Crippen LogP contribution in [-0.2, 0) is 10.9 Å². The molecule has 4 rings (SSSR count). The Labute approximate surface area is 173 Å². The second-order valence-corrected chi connectivity index (χ2v) is 9.15. The van der Waals surface area contributed by atoms with Crippen LogP contribution in [0.25, 0.3) is 10.8 Å². The van der Waals surface area contributed by atoms with Crippen molar-refractivity contribution in [1.29, 1.82) is 0 Å². The standard InChI is InChI=1S/C21H30N4O3S/c26-21-19-11-5-4-10-18(19)20(23-25(21)17-8-2-1-3-9-17)24-14-6-7-16(15-24)12-13-22-29(27)28/h4-5,10-11,16-17,29H,1-3,6-9,12-15H2,(H,22,27,28)/t16-/m0/s1. The van der Waals surface area contributed by atoms with Gasteiger partial charge < -0.3 is 4.90 Å². The Balaban J connectivity index is 1.65. The molecular formula is C21H30N4O3S. The van der Waals surface area contributed by atoms with Crippen LogP contribution in [0.15, 0.2) is 29.1 Å². The van der Waals surface area contributed by atoms with Crippen molar-refractivity contribution in [1.82, 2.24) is 14.5 Å². The molecule has 2 heterocycles. The molecule has 0 radical (unpaired) electrons. The lowest BCUT2D eigenvalue weighted by Gasteiger charge is -2.35. The summed E-state index contributed by atoms with van der Waals surface area (Å²) < 4.78 is 25.8. The summed E-state index contributed by atoms with van der Waals surface area (Å²) in [5.74, 6) is 1.32. The molecule has 1 saturated carbocycles. The molecule has 1 atom stereocenters. The maximum absolute atomic E-state index is 13.1. The summed E-state index contributed by atoms with van der Waals surface area (Å²) >= 11 is 0. The van der Waals surface area contributed by atoms with Gasteiger partial charge in [0.25, 0.3) is 5.56 Å². The van der Waals surface area contributed by atoms with Gasteiger partial charge >= 0.3 is 0 Å². The van der Waals surface area contributed by atoms with Crippen molar-refractivity contribution >= 4 is 27.5 Å². The smallest absolute Gasteiger partial charge is 0.275 e. The molecule has 1 aliphatic carbocycles. The van der Waals surface area contributed by atoms with Gasteiger partial charge in [0.05, 0.1) is 11.4 Å². The van der Waals surface area contributed by atoms with Crippen molar-refractivity contribution in [3.05, 3.63) is 34.6 Å². The maximum Gasteiger partial charge on any atom is 0.275 e. The van der Waals surface area contributed by atoms with Gasteiger partial charge in [0.1, 0.15) is 0 Å². The number of hydrogen-bond donors (Lipinski definition) is 2. The highest BCUT2D eigenvalue weighted by Gasteiger charge is 2.25. The van der Waals surface area contributed by atoms with Crippen molar-refractivity contribution < 1.29 is 8.42 Å². The topological polar surface area (TPSA) is 84.3 Å². The zero-order valence-electron chi connectivity index (χ0n) is 16.8. The summed E-state index contributed by atoms with van der Waals surface area (Å²) in [6.45, 7) is 2.24. The molecule has 1 aromatic carbocycles. The summed E-state index contributed by atoms with van der Waals surface area (Å²) in [6, 6.07) is 8.00. The zero-order chi connectivity index (χ0) is 20.2. The van der Waals surface area contributed by atoms with E-state index < -0.39 is 10.9 Å². The monoisotopic (exact) mass is 418 g/mol. The first-order chi connectivity index (χ1) is 14.1. The average Bonchev–Trinajstić information content (AvgIpc) is 2.75. The van der Waals surface area contributed by atoms with E-state index in [4.69, 9.17) is 5.10 Å². The van der Waals surface area contributed by atoms with Crippen LogP contribution in [0.3, 0.4) is 0 Å². The zero-order valence-corrected chi connectivity index (χ0v) is 17.7. The molecule has 1 N–H and O–H groups in total.